The highest BCUT2D eigenvalue weighted by atomic mass is 32.2. The van der Waals surface area contributed by atoms with Gasteiger partial charge in [0, 0.05) is 24.6 Å². The van der Waals surface area contributed by atoms with Gasteiger partial charge in [-0.1, -0.05) is 19.1 Å². The molecular weight excluding hydrogens is 351 g/mol. The van der Waals surface area contributed by atoms with E-state index in [4.69, 9.17) is 0 Å². The van der Waals surface area contributed by atoms with Crippen LogP contribution in [-0.2, 0) is 9.84 Å². The van der Waals surface area contributed by atoms with Crippen LogP contribution in [0.5, 0.6) is 0 Å². The van der Waals surface area contributed by atoms with Crippen molar-refractivity contribution in [3.05, 3.63) is 65.1 Å². The maximum absolute atomic E-state index is 13.4. The van der Waals surface area contributed by atoms with Gasteiger partial charge in [0.05, 0.1) is 5.75 Å². The van der Waals surface area contributed by atoms with E-state index < -0.39 is 9.84 Å². The van der Waals surface area contributed by atoms with Crippen LogP contribution in [0.4, 0.5) is 10.2 Å². The fraction of sp³-hybridized carbons (Fsp3) is 0.350. The first-order valence-corrected chi connectivity index (χ1v) is 10.7. The van der Waals surface area contributed by atoms with Gasteiger partial charge in [-0.3, -0.25) is 0 Å². The van der Waals surface area contributed by atoms with E-state index in [1.54, 1.807) is 12.3 Å². The van der Waals surface area contributed by atoms with Crippen molar-refractivity contribution in [2.45, 2.75) is 26.7 Å². The normalized spacial score (nSPS) is 12.2. The molecule has 0 aliphatic carbocycles. The molecule has 4 nitrogen and oxygen atoms in total. The van der Waals surface area contributed by atoms with Crippen LogP contribution < -0.4 is 5.32 Å². The van der Waals surface area contributed by atoms with Gasteiger partial charge in [0.2, 0.25) is 0 Å². The summed E-state index contributed by atoms with van der Waals surface area (Å²) in [4.78, 5) is 4.41. The molecule has 0 saturated heterocycles. The number of rotatable bonds is 8. The number of halogens is 1. The number of hydrogen-bond donors (Lipinski definition) is 1. The second-order valence-corrected chi connectivity index (χ2v) is 8.59. The van der Waals surface area contributed by atoms with Gasteiger partial charge in [-0.2, -0.15) is 0 Å². The molecule has 1 N–H and O–H groups in total. The molecule has 0 saturated carbocycles. The first-order chi connectivity index (χ1) is 12.3. The number of nitrogens with one attached hydrogen (secondary N) is 1. The average Bonchev–Trinajstić information content (AvgIpc) is 2.57. The number of pyridine rings is 1. The topological polar surface area (TPSA) is 59.1 Å². The molecule has 0 unspecified atom stereocenters. The van der Waals surface area contributed by atoms with Crippen LogP contribution in [0.25, 0.3) is 5.57 Å². The lowest BCUT2D eigenvalue weighted by atomic mass is 9.94. The summed E-state index contributed by atoms with van der Waals surface area (Å²) in [5, 5.41) is 3.13. The molecule has 1 aromatic heterocycles. The van der Waals surface area contributed by atoms with Gasteiger partial charge in [0.25, 0.3) is 0 Å². The van der Waals surface area contributed by atoms with Gasteiger partial charge in [0.15, 0.2) is 0 Å². The predicted molar refractivity (Wildman–Crippen MR) is 106 cm³/mol. The van der Waals surface area contributed by atoms with Gasteiger partial charge in [-0.15, -0.1) is 0 Å². The third-order valence-corrected chi connectivity index (χ3v) is 4.99. The zero-order chi connectivity index (χ0) is 19.2. The molecule has 140 valence electrons. The predicted octanol–water partition coefficient (Wildman–Crippen LogP) is 4.22. The summed E-state index contributed by atoms with van der Waals surface area (Å²) in [7, 11) is -2.94. The summed E-state index contributed by atoms with van der Waals surface area (Å²) in [6.07, 6.45) is 6.52. The maximum atomic E-state index is 13.4. The molecule has 0 radical (unpaired) electrons. The SMILES string of the molecule is CC/C=C(/c1ccc(NCCCS(C)(=O)=O)nc1)c1ccc(F)cc1C. The van der Waals surface area contributed by atoms with E-state index in [1.807, 2.05) is 19.1 Å². The van der Waals surface area contributed by atoms with E-state index >= 15 is 0 Å². The lowest BCUT2D eigenvalue weighted by Crippen LogP contribution is -2.10. The average molecular weight is 376 g/mol. The second kappa shape index (κ2) is 8.94. The summed E-state index contributed by atoms with van der Waals surface area (Å²) in [6.45, 7) is 4.51. The molecule has 0 bridgehead atoms. The van der Waals surface area contributed by atoms with Crippen molar-refractivity contribution in [3.8, 4) is 0 Å². The second-order valence-electron chi connectivity index (χ2n) is 6.33. The van der Waals surface area contributed by atoms with Crippen LogP contribution in [-0.4, -0.2) is 32.0 Å². The van der Waals surface area contributed by atoms with Crippen molar-refractivity contribution >= 4 is 21.2 Å². The quantitative estimate of drug-likeness (QED) is 0.701. The highest BCUT2D eigenvalue weighted by Gasteiger charge is 2.09. The molecule has 1 aromatic carbocycles. The smallest absolute Gasteiger partial charge is 0.147 e. The minimum Gasteiger partial charge on any atom is -0.370 e. The molecular formula is C20H25FN2O2S. The van der Waals surface area contributed by atoms with E-state index in [9.17, 15) is 12.8 Å². The number of sulfone groups is 1. The molecule has 0 amide bonds. The molecule has 0 spiro atoms. The van der Waals surface area contributed by atoms with Gasteiger partial charge in [0.1, 0.15) is 21.5 Å². The number of anilines is 1. The van der Waals surface area contributed by atoms with E-state index in [2.05, 4.69) is 23.3 Å². The highest BCUT2D eigenvalue weighted by Crippen LogP contribution is 2.27. The van der Waals surface area contributed by atoms with Crippen LogP contribution in [0.3, 0.4) is 0 Å². The minimum absolute atomic E-state index is 0.158. The number of hydrogen-bond acceptors (Lipinski definition) is 4. The van der Waals surface area contributed by atoms with Crippen molar-refractivity contribution in [1.82, 2.24) is 4.98 Å². The molecule has 2 aromatic rings. The zero-order valence-corrected chi connectivity index (χ0v) is 16.2. The molecule has 6 heteroatoms. The Bertz CT molecular complexity index is 875. The van der Waals surface area contributed by atoms with Crippen LogP contribution in [0.2, 0.25) is 0 Å². The Labute approximate surface area is 155 Å². The zero-order valence-electron chi connectivity index (χ0n) is 15.4. The molecule has 0 aliphatic rings. The third kappa shape index (κ3) is 5.95. The number of aryl methyl sites for hydroxylation is 1. The third-order valence-electron chi connectivity index (χ3n) is 3.96. The van der Waals surface area contributed by atoms with Crippen LogP contribution in [0, 0.1) is 12.7 Å². The molecule has 2 rings (SSSR count). The Kier molecular flexibility index (Phi) is 6.91. The number of benzene rings is 1. The first-order valence-electron chi connectivity index (χ1n) is 8.65. The Morgan fingerprint density at radius 3 is 2.62 bits per heavy atom. The summed E-state index contributed by atoms with van der Waals surface area (Å²) >= 11 is 0. The van der Waals surface area contributed by atoms with Gasteiger partial charge >= 0.3 is 0 Å². The van der Waals surface area contributed by atoms with Crippen molar-refractivity contribution in [1.29, 1.82) is 0 Å². The maximum Gasteiger partial charge on any atom is 0.147 e. The van der Waals surface area contributed by atoms with E-state index in [0.717, 1.165) is 28.7 Å². The van der Waals surface area contributed by atoms with Crippen molar-refractivity contribution in [2.24, 2.45) is 0 Å². The van der Waals surface area contributed by atoms with E-state index in [0.29, 0.717) is 18.8 Å². The summed E-state index contributed by atoms with van der Waals surface area (Å²) in [5.41, 5.74) is 3.86. The van der Waals surface area contributed by atoms with Crippen molar-refractivity contribution in [3.63, 3.8) is 0 Å². The number of aromatic nitrogens is 1. The van der Waals surface area contributed by atoms with Crippen molar-refractivity contribution in [2.75, 3.05) is 23.9 Å². The monoisotopic (exact) mass is 376 g/mol. The van der Waals surface area contributed by atoms with Gasteiger partial charge < -0.3 is 5.32 Å². The lowest BCUT2D eigenvalue weighted by Gasteiger charge is -2.12. The molecule has 26 heavy (non-hydrogen) atoms. The first kappa shape index (κ1) is 20.1. The van der Waals surface area contributed by atoms with Gasteiger partial charge in [-0.25, -0.2) is 17.8 Å². The molecule has 0 fully saturated rings. The van der Waals surface area contributed by atoms with Crippen molar-refractivity contribution < 1.29 is 12.8 Å². The summed E-state index contributed by atoms with van der Waals surface area (Å²) < 4.78 is 35.7. The van der Waals surface area contributed by atoms with Crippen LogP contribution in [0.1, 0.15) is 36.5 Å². The van der Waals surface area contributed by atoms with Crippen LogP contribution in [0.15, 0.2) is 42.6 Å². The number of nitrogens with zero attached hydrogens (tertiary/aromatic N) is 1. The minimum atomic E-state index is -2.94. The molecule has 1 heterocycles. The molecule has 0 aliphatic heterocycles. The van der Waals surface area contributed by atoms with E-state index in [1.165, 1.54) is 18.4 Å². The lowest BCUT2D eigenvalue weighted by molar-refractivity contribution is 0.600. The Morgan fingerprint density at radius 1 is 1.27 bits per heavy atom. The Morgan fingerprint density at radius 2 is 2.04 bits per heavy atom. The largest absolute Gasteiger partial charge is 0.370 e. The van der Waals surface area contributed by atoms with Gasteiger partial charge in [-0.05, 0) is 60.7 Å². The van der Waals surface area contributed by atoms with Crippen LogP contribution >= 0.6 is 0 Å². The number of allylic oxidation sites excluding steroid dienone is 1. The summed E-state index contributed by atoms with van der Waals surface area (Å²) in [6, 6.07) is 8.64. The fourth-order valence-electron chi connectivity index (χ4n) is 2.73. The molecule has 0 atom stereocenters. The Balaban J connectivity index is 2.12. The fourth-order valence-corrected chi connectivity index (χ4v) is 3.39. The van der Waals surface area contributed by atoms with E-state index in [-0.39, 0.29) is 11.6 Å². The highest BCUT2D eigenvalue weighted by molar-refractivity contribution is 7.90. The standard InChI is InChI=1S/C20H25FN2O2S/c1-4-6-19(18-9-8-17(21)13-15(18)2)16-7-10-20(23-14-16)22-11-5-12-26(3,24)25/h6-10,13-14H,4-5,11-12H2,1-3H3,(H,22,23)/b19-6-. The summed E-state index contributed by atoms with van der Waals surface area (Å²) in [5.74, 6) is 0.619. The Hall–Kier alpha value is -2.21.